The molecule has 1 heterocycles. The van der Waals surface area contributed by atoms with Crippen LogP contribution in [0.15, 0.2) is 58.5 Å². The third kappa shape index (κ3) is 5.67. The number of aliphatic hydroxyl groups is 1. The van der Waals surface area contributed by atoms with Gasteiger partial charge in [0.2, 0.25) is 0 Å². The minimum Gasteiger partial charge on any atom is -0.396 e. The van der Waals surface area contributed by atoms with Crippen molar-refractivity contribution in [2.75, 3.05) is 6.61 Å². The van der Waals surface area contributed by atoms with Crippen LogP contribution in [0.25, 0.3) is 0 Å². The first-order valence-corrected chi connectivity index (χ1v) is 10.7. The molecule has 6 heteroatoms. The van der Waals surface area contributed by atoms with Crippen molar-refractivity contribution in [1.82, 2.24) is 9.55 Å². The number of aryl methyl sites for hydroxylation is 2. The van der Waals surface area contributed by atoms with Crippen molar-refractivity contribution < 1.29 is 13.9 Å². The summed E-state index contributed by atoms with van der Waals surface area (Å²) < 4.78 is 29.6. The lowest BCUT2D eigenvalue weighted by atomic mass is 10.1. The maximum Gasteiger partial charge on any atom is 0.127 e. The molecule has 29 heavy (non-hydrogen) atoms. The predicted molar refractivity (Wildman–Crippen MR) is 112 cm³/mol. The first kappa shape index (κ1) is 21.5. The maximum absolute atomic E-state index is 13.7. The molecule has 2 aromatic carbocycles. The van der Waals surface area contributed by atoms with Crippen molar-refractivity contribution in [3.8, 4) is 0 Å². The highest BCUT2D eigenvalue weighted by Gasteiger charge is 2.21. The number of aromatic nitrogens is 2. The Morgan fingerprint density at radius 2 is 1.72 bits per heavy atom. The summed E-state index contributed by atoms with van der Waals surface area (Å²) in [5.74, 6) is -0.108. The van der Waals surface area contributed by atoms with Gasteiger partial charge in [-0.05, 0) is 36.5 Å². The van der Waals surface area contributed by atoms with Crippen molar-refractivity contribution in [1.29, 1.82) is 0 Å². The molecule has 0 radical (unpaired) electrons. The van der Waals surface area contributed by atoms with Crippen molar-refractivity contribution in [2.45, 2.75) is 55.5 Å². The zero-order valence-corrected chi connectivity index (χ0v) is 17.6. The molecular formula is C23H26F2N2OS. The summed E-state index contributed by atoms with van der Waals surface area (Å²) in [5.41, 5.74) is 2.13. The molecule has 0 spiro atoms. The van der Waals surface area contributed by atoms with Gasteiger partial charge in [0.15, 0.2) is 0 Å². The van der Waals surface area contributed by atoms with Gasteiger partial charge in [-0.3, -0.25) is 0 Å². The normalized spacial score (nSPS) is 11.4. The summed E-state index contributed by atoms with van der Waals surface area (Å²) in [6.45, 7) is 4.94. The fourth-order valence-electron chi connectivity index (χ4n) is 3.23. The van der Waals surface area contributed by atoms with Crippen LogP contribution < -0.4 is 0 Å². The van der Waals surface area contributed by atoms with Gasteiger partial charge in [-0.15, -0.1) is 0 Å². The van der Waals surface area contributed by atoms with Crippen LogP contribution in [-0.2, 0) is 19.4 Å². The minimum atomic E-state index is -0.588. The molecule has 0 saturated heterocycles. The Hall–Kier alpha value is -2.18. The molecular weight excluding hydrogens is 390 g/mol. The predicted octanol–water partition coefficient (Wildman–Crippen LogP) is 5.60. The zero-order chi connectivity index (χ0) is 20.8. The minimum absolute atomic E-state index is 0.0974. The van der Waals surface area contributed by atoms with Crippen LogP contribution >= 0.6 is 11.8 Å². The van der Waals surface area contributed by atoms with Gasteiger partial charge in [-0.2, -0.15) is 0 Å². The lowest BCUT2D eigenvalue weighted by molar-refractivity contribution is 0.286. The van der Waals surface area contributed by atoms with E-state index in [-0.39, 0.29) is 12.5 Å². The highest BCUT2D eigenvalue weighted by Crippen LogP contribution is 2.36. The number of imidazole rings is 1. The molecule has 1 N–H and O–H groups in total. The molecule has 0 bridgehead atoms. The van der Waals surface area contributed by atoms with Crippen molar-refractivity contribution in [2.24, 2.45) is 0 Å². The molecule has 0 aliphatic carbocycles. The quantitative estimate of drug-likeness (QED) is 0.493. The first-order valence-electron chi connectivity index (χ1n) is 9.86. The molecule has 154 valence electrons. The lowest BCUT2D eigenvalue weighted by Gasteiger charge is -2.14. The van der Waals surface area contributed by atoms with E-state index in [0.717, 1.165) is 29.0 Å². The van der Waals surface area contributed by atoms with Gasteiger partial charge in [0.05, 0.1) is 5.69 Å². The third-order valence-electron chi connectivity index (χ3n) is 4.65. The number of hydrogen-bond donors (Lipinski definition) is 1. The number of rotatable bonds is 9. The van der Waals surface area contributed by atoms with Crippen LogP contribution in [0.4, 0.5) is 8.78 Å². The zero-order valence-electron chi connectivity index (χ0n) is 16.7. The molecule has 1 aromatic heterocycles. The molecule has 0 aliphatic heterocycles. The van der Waals surface area contributed by atoms with Crippen molar-refractivity contribution in [3.63, 3.8) is 0 Å². The standard InChI is InChI=1S/C23H26F2N2OS/c1-16(2)22-23(29-20-14-18(24)13-19(25)15-20)27(21(26-22)9-6-12-28)11-10-17-7-4-3-5-8-17/h3-5,7-8,13-16,28H,6,9-12H2,1-2H3. The van der Waals surface area contributed by atoms with E-state index in [4.69, 9.17) is 4.98 Å². The molecule has 0 fully saturated rings. The smallest absolute Gasteiger partial charge is 0.127 e. The fourth-order valence-corrected chi connectivity index (χ4v) is 4.49. The van der Waals surface area contributed by atoms with E-state index < -0.39 is 11.6 Å². The molecule has 0 atom stereocenters. The van der Waals surface area contributed by atoms with E-state index in [9.17, 15) is 13.9 Å². The van der Waals surface area contributed by atoms with Crippen LogP contribution in [0.1, 0.15) is 43.3 Å². The van der Waals surface area contributed by atoms with Crippen molar-refractivity contribution >= 4 is 11.8 Å². The number of aliphatic hydroxyl groups excluding tert-OH is 1. The topological polar surface area (TPSA) is 38.1 Å². The van der Waals surface area contributed by atoms with Gasteiger partial charge in [-0.25, -0.2) is 13.8 Å². The second-order valence-electron chi connectivity index (χ2n) is 7.29. The van der Waals surface area contributed by atoms with Crippen LogP contribution in [0.2, 0.25) is 0 Å². The Morgan fingerprint density at radius 3 is 2.34 bits per heavy atom. The second-order valence-corrected chi connectivity index (χ2v) is 8.36. The Morgan fingerprint density at radius 1 is 1.03 bits per heavy atom. The molecule has 0 amide bonds. The van der Waals surface area contributed by atoms with Gasteiger partial charge in [0.25, 0.3) is 0 Å². The van der Waals surface area contributed by atoms with Gasteiger partial charge in [0, 0.05) is 30.5 Å². The molecule has 0 aliphatic rings. The number of nitrogens with zero attached hydrogens (tertiary/aromatic N) is 2. The fraction of sp³-hybridized carbons (Fsp3) is 0.348. The molecule has 0 saturated carbocycles. The Kier molecular flexibility index (Phi) is 7.45. The molecule has 0 unspecified atom stereocenters. The highest BCUT2D eigenvalue weighted by molar-refractivity contribution is 7.99. The summed E-state index contributed by atoms with van der Waals surface area (Å²) in [7, 11) is 0. The average Bonchev–Trinajstić information content (AvgIpc) is 3.02. The molecule has 3 aromatic rings. The Bertz CT molecular complexity index is 921. The monoisotopic (exact) mass is 416 g/mol. The van der Waals surface area contributed by atoms with E-state index in [1.807, 2.05) is 18.2 Å². The third-order valence-corrected chi connectivity index (χ3v) is 5.74. The van der Waals surface area contributed by atoms with Crippen LogP contribution in [0.3, 0.4) is 0 Å². The van der Waals surface area contributed by atoms with Gasteiger partial charge in [0.1, 0.15) is 22.5 Å². The van der Waals surface area contributed by atoms with E-state index >= 15 is 0 Å². The van der Waals surface area contributed by atoms with Crippen LogP contribution in [0, 0.1) is 11.6 Å². The average molecular weight is 417 g/mol. The molecule has 3 rings (SSSR count). The Balaban J connectivity index is 1.98. The molecule has 3 nitrogen and oxygen atoms in total. The summed E-state index contributed by atoms with van der Waals surface area (Å²) in [5, 5.41) is 10.2. The van der Waals surface area contributed by atoms with E-state index in [0.29, 0.717) is 24.3 Å². The number of benzene rings is 2. The summed E-state index contributed by atoms with van der Waals surface area (Å²) in [6.07, 6.45) is 2.10. The van der Waals surface area contributed by atoms with Crippen LogP contribution in [-0.4, -0.2) is 21.3 Å². The van der Waals surface area contributed by atoms with E-state index in [1.165, 1.54) is 29.5 Å². The van der Waals surface area contributed by atoms with Crippen molar-refractivity contribution in [3.05, 3.63) is 77.2 Å². The second kappa shape index (κ2) is 10.0. The largest absolute Gasteiger partial charge is 0.396 e. The highest BCUT2D eigenvalue weighted by atomic mass is 32.2. The van der Waals surface area contributed by atoms with Gasteiger partial charge >= 0.3 is 0 Å². The maximum atomic E-state index is 13.7. The summed E-state index contributed by atoms with van der Waals surface area (Å²) in [4.78, 5) is 5.36. The van der Waals surface area contributed by atoms with Crippen LogP contribution in [0.5, 0.6) is 0 Å². The van der Waals surface area contributed by atoms with E-state index in [1.54, 1.807) is 0 Å². The number of halogens is 2. The Labute approximate surface area is 174 Å². The van der Waals surface area contributed by atoms with Gasteiger partial charge in [-0.1, -0.05) is 55.9 Å². The number of hydrogen-bond acceptors (Lipinski definition) is 3. The van der Waals surface area contributed by atoms with E-state index in [2.05, 4.69) is 30.5 Å². The van der Waals surface area contributed by atoms with Gasteiger partial charge < -0.3 is 9.67 Å². The summed E-state index contributed by atoms with van der Waals surface area (Å²) >= 11 is 1.34. The lowest BCUT2D eigenvalue weighted by Crippen LogP contribution is -2.08. The summed E-state index contributed by atoms with van der Waals surface area (Å²) in [6, 6.07) is 13.8. The SMILES string of the molecule is CC(C)c1nc(CCCO)n(CCc2ccccc2)c1Sc1cc(F)cc(F)c1. The first-order chi connectivity index (χ1) is 14.0.